The highest BCUT2D eigenvalue weighted by Gasteiger charge is 2.21. The fourth-order valence-corrected chi connectivity index (χ4v) is 2.98. The molecule has 0 bridgehead atoms. The lowest BCUT2D eigenvalue weighted by Gasteiger charge is -2.35. The van der Waals surface area contributed by atoms with E-state index in [1.165, 1.54) is 0 Å². The molecule has 1 aliphatic heterocycles. The van der Waals surface area contributed by atoms with Crippen LogP contribution in [-0.2, 0) is 4.79 Å². The lowest BCUT2D eigenvalue weighted by atomic mass is 10.2. The Kier molecular flexibility index (Phi) is 5.84. The predicted molar refractivity (Wildman–Crippen MR) is 105 cm³/mol. The topological polar surface area (TPSA) is 61.4 Å². The van der Waals surface area contributed by atoms with Crippen LogP contribution in [-0.4, -0.2) is 53.5 Å². The highest BCUT2D eigenvalue weighted by molar-refractivity contribution is 5.91. The predicted octanol–water partition coefficient (Wildman–Crippen LogP) is 2.58. The Hall–Kier alpha value is -2.89. The van der Waals surface area contributed by atoms with Crippen LogP contribution in [0.1, 0.15) is 18.3 Å². The summed E-state index contributed by atoms with van der Waals surface area (Å²) in [4.78, 5) is 25.4. The Bertz CT molecular complexity index is 767. The minimum atomic E-state index is 0.0562. The third kappa shape index (κ3) is 4.59. The van der Waals surface area contributed by atoms with E-state index in [1.54, 1.807) is 6.08 Å². The summed E-state index contributed by atoms with van der Waals surface area (Å²) in [6.45, 7) is 7.70. The molecule has 1 aromatic carbocycles. The zero-order valence-electron chi connectivity index (χ0n) is 15.4. The van der Waals surface area contributed by atoms with Crippen molar-refractivity contribution in [3.63, 3.8) is 0 Å². The Morgan fingerprint density at radius 3 is 2.58 bits per heavy atom. The van der Waals surface area contributed by atoms with Crippen LogP contribution in [0.15, 0.2) is 42.5 Å². The molecule has 0 spiro atoms. The van der Waals surface area contributed by atoms with Gasteiger partial charge in [0, 0.05) is 44.9 Å². The smallest absolute Gasteiger partial charge is 0.246 e. The van der Waals surface area contributed by atoms with Gasteiger partial charge in [-0.2, -0.15) is 0 Å². The molecule has 0 unspecified atom stereocenters. The van der Waals surface area contributed by atoms with E-state index in [1.807, 2.05) is 61.2 Å². The van der Waals surface area contributed by atoms with Crippen LogP contribution in [0.2, 0.25) is 0 Å². The number of rotatable bonds is 5. The molecule has 0 atom stereocenters. The van der Waals surface area contributed by atoms with E-state index >= 15 is 0 Å². The zero-order chi connectivity index (χ0) is 18.4. The summed E-state index contributed by atoms with van der Waals surface area (Å²) < 4.78 is 0. The van der Waals surface area contributed by atoms with E-state index in [2.05, 4.69) is 20.2 Å². The molecule has 1 aliphatic rings. The summed E-state index contributed by atoms with van der Waals surface area (Å²) >= 11 is 0. The molecule has 6 heteroatoms. The quantitative estimate of drug-likeness (QED) is 0.839. The molecule has 3 rings (SSSR count). The molecule has 1 amide bonds. The van der Waals surface area contributed by atoms with Crippen LogP contribution < -0.4 is 10.2 Å². The molecule has 2 heterocycles. The van der Waals surface area contributed by atoms with Gasteiger partial charge in [-0.05, 0) is 25.5 Å². The van der Waals surface area contributed by atoms with Crippen molar-refractivity contribution in [2.24, 2.45) is 0 Å². The average Bonchev–Trinajstić information content (AvgIpc) is 2.67. The summed E-state index contributed by atoms with van der Waals surface area (Å²) in [6.07, 6.45) is 3.52. The van der Waals surface area contributed by atoms with Gasteiger partial charge in [-0.25, -0.2) is 9.97 Å². The molecule has 1 fully saturated rings. The van der Waals surface area contributed by atoms with E-state index in [9.17, 15) is 4.79 Å². The molecule has 2 aromatic rings. The highest BCUT2D eigenvalue weighted by atomic mass is 16.2. The van der Waals surface area contributed by atoms with Gasteiger partial charge in [0.2, 0.25) is 5.91 Å². The van der Waals surface area contributed by atoms with Crippen molar-refractivity contribution in [2.75, 3.05) is 42.9 Å². The Morgan fingerprint density at radius 1 is 1.15 bits per heavy atom. The fraction of sp³-hybridized carbons (Fsp3) is 0.350. The standard InChI is InChI=1S/C20H25N5O/c1-3-21-18-15-19(23-16(2)22-18)24-11-13-25(14-12-24)20(26)10-9-17-7-5-4-6-8-17/h4-10,15H,3,11-14H2,1-2H3,(H,21,22,23)/b10-9+. The molecular formula is C20H25N5O. The molecule has 26 heavy (non-hydrogen) atoms. The summed E-state index contributed by atoms with van der Waals surface area (Å²) in [7, 11) is 0. The van der Waals surface area contributed by atoms with Gasteiger partial charge in [0.1, 0.15) is 17.5 Å². The van der Waals surface area contributed by atoms with Gasteiger partial charge in [-0.1, -0.05) is 30.3 Å². The highest BCUT2D eigenvalue weighted by Crippen LogP contribution is 2.18. The normalized spacial score (nSPS) is 14.7. The third-order valence-electron chi connectivity index (χ3n) is 4.32. The average molecular weight is 351 g/mol. The number of aryl methyl sites for hydroxylation is 1. The van der Waals surface area contributed by atoms with Crippen molar-refractivity contribution in [1.82, 2.24) is 14.9 Å². The molecule has 0 saturated carbocycles. The molecule has 6 nitrogen and oxygen atoms in total. The van der Waals surface area contributed by atoms with Gasteiger partial charge >= 0.3 is 0 Å². The SMILES string of the molecule is CCNc1cc(N2CCN(C(=O)/C=C/c3ccccc3)CC2)nc(C)n1. The molecule has 1 aromatic heterocycles. The summed E-state index contributed by atoms with van der Waals surface area (Å²) in [6, 6.07) is 11.8. The lowest BCUT2D eigenvalue weighted by molar-refractivity contribution is -0.126. The second-order valence-electron chi connectivity index (χ2n) is 6.25. The van der Waals surface area contributed by atoms with Gasteiger partial charge in [-0.3, -0.25) is 4.79 Å². The van der Waals surface area contributed by atoms with E-state index in [0.717, 1.165) is 42.7 Å². The first-order valence-corrected chi connectivity index (χ1v) is 9.02. The van der Waals surface area contributed by atoms with Crippen molar-refractivity contribution in [1.29, 1.82) is 0 Å². The first-order valence-electron chi connectivity index (χ1n) is 9.02. The zero-order valence-corrected chi connectivity index (χ0v) is 15.4. The van der Waals surface area contributed by atoms with Crippen molar-refractivity contribution in [2.45, 2.75) is 13.8 Å². The maximum atomic E-state index is 12.4. The van der Waals surface area contributed by atoms with E-state index in [0.29, 0.717) is 13.1 Å². The van der Waals surface area contributed by atoms with Crippen molar-refractivity contribution in [3.8, 4) is 0 Å². The number of aromatic nitrogens is 2. The number of hydrogen-bond donors (Lipinski definition) is 1. The molecule has 1 N–H and O–H groups in total. The fourth-order valence-electron chi connectivity index (χ4n) is 2.98. The molecule has 136 valence electrons. The summed E-state index contributed by atoms with van der Waals surface area (Å²) in [5.74, 6) is 2.57. The van der Waals surface area contributed by atoms with Crippen LogP contribution in [0.25, 0.3) is 6.08 Å². The second kappa shape index (κ2) is 8.47. The van der Waals surface area contributed by atoms with Crippen molar-refractivity contribution < 1.29 is 4.79 Å². The van der Waals surface area contributed by atoms with E-state index in [-0.39, 0.29) is 5.91 Å². The molecule has 0 aliphatic carbocycles. The van der Waals surface area contributed by atoms with Crippen LogP contribution in [0.4, 0.5) is 11.6 Å². The summed E-state index contributed by atoms with van der Waals surface area (Å²) in [5.41, 5.74) is 1.03. The number of carbonyl (C=O) groups excluding carboxylic acids is 1. The van der Waals surface area contributed by atoms with Crippen molar-refractivity contribution >= 4 is 23.6 Å². The maximum Gasteiger partial charge on any atom is 0.246 e. The second-order valence-corrected chi connectivity index (χ2v) is 6.25. The Balaban J connectivity index is 1.59. The monoisotopic (exact) mass is 351 g/mol. The van der Waals surface area contributed by atoms with E-state index < -0.39 is 0 Å². The largest absolute Gasteiger partial charge is 0.370 e. The first kappa shape index (κ1) is 17.9. The third-order valence-corrected chi connectivity index (χ3v) is 4.32. The van der Waals surface area contributed by atoms with Gasteiger partial charge < -0.3 is 15.1 Å². The number of hydrogen-bond acceptors (Lipinski definition) is 5. The molecular weight excluding hydrogens is 326 g/mol. The van der Waals surface area contributed by atoms with Gasteiger partial charge in [0.25, 0.3) is 0 Å². The summed E-state index contributed by atoms with van der Waals surface area (Å²) in [5, 5.41) is 3.24. The maximum absolute atomic E-state index is 12.4. The van der Waals surface area contributed by atoms with Crippen LogP contribution in [0, 0.1) is 6.92 Å². The minimum absolute atomic E-state index is 0.0562. The van der Waals surface area contributed by atoms with Crippen LogP contribution in [0.5, 0.6) is 0 Å². The number of piperazine rings is 1. The van der Waals surface area contributed by atoms with Crippen molar-refractivity contribution in [3.05, 3.63) is 53.9 Å². The van der Waals surface area contributed by atoms with Crippen LogP contribution in [0.3, 0.4) is 0 Å². The van der Waals surface area contributed by atoms with E-state index in [4.69, 9.17) is 0 Å². The Labute approximate surface area is 154 Å². The number of nitrogens with zero attached hydrogens (tertiary/aromatic N) is 4. The molecule has 1 saturated heterocycles. The minimum Gasteiger partial charge on any atom is -0.370 e. The Morgan fingerprint density at radius 2 is 1.88 bits per heavy atom. The number of carbonyl (C=O) groups is 1. The number of nitrogens with one attached hydrogen (secondary N) is 1. The first-order chi connectivity index (χ1) is 12.7. The van der Waals surface area contributed by atoms with Gasteiger partial charge in [0.05, 0.1) is 0 Å². The molecule has 0 radical (unpaired) electrons. The van der Waals surface area contributed by atoms with Gasteiger partial charge in [-0.15, -0.1) is 0 Å². The lowest BCUT2D eigenvalue weighted by Crippen LogP contribution is -2.48. The number of benzene rings is 1. The van der Waals surface area contributed by atoms with Crippen LogP contribution >= 0.6 is 0 Å². The van der Waals surface area contributed by atoms with Gasteiger partial charge in [0.15, 0.2) is 0 Å². The number of anilines is 2. The number of amides is 1.